The summed E-state index contributed by atoms with van der Waals surface area (Å²) in [4.78, 5) is 22.5. The van der Waals surface area contributed by atoms with Crippen molar-refractivity contribution in [3.8, 4) is 5.75 Å². The smallest absolute Gasteiger partial charge is 0.258 e. The van der Waals surface area contributed by atoms with Crippen molar-refractivity contribution in [2.75, 3.05) is 19.8 Å². The van der Waals surface area contributed by atoms with Crippen LogP contribution in [0.1, 0.15) is 24.8 Å². The van der Waals surface area contributed by atoms with E-state index in [0.717, 1.165) is 41.9 Å². The molecule has 1 heterocycles. The van der Waals surface area contributed by atoms with Crippen LogP contribution in [-0.2, 0) is 20.7 Å². The van der Waals surface area contributed by atoms with Crippen LogP contribution in [0.3, 0.4) is 0 Å². The minimum absolute atomic E-state index is 0.00764. The fraction of sp³-hybridized carbons (Fsp3) is 0.400. The summed E-state index contributed by atoms with van der Waals surface area (Å²) in [5, 5.41) is 5.13. The first-order chi connectivity index (χ1) is 12.2. The predicted octanol–water partition coefficient (Wildman–Crippen LogP) is 2.65. The van der Waals surface area contributed by atoms with Crippen molar-refractivity contribution in [1.29, 1.82) is 0 Å². The Morgan fingerprint density at radius 1 is 1.16 bits per heavy atom. The lowest BCUT2D eigenvalue weighted by Gasteiger charge is -2.23. The molecule has 5 heteroatoms. The summed E-state index contributed by atoms with van der Waals surface area (Å²) in [5.41, 5.74) is 1.12. The Bertz CT molecular complexity index is 738. The molecular formula is C20H23NO4. The summed E-state index contributed by atoms with van der Waals surface area (Å²) < 4.78 is 10.9. The summed E-state index contributed by atoms with van der Waals surface area (Å²) in [6.07, 6.45) is 3.89. The van der Waals surface area contributed by atoms with Crippen LogP contribution < -0.4 is 10.1 Å². The number of ether oxygens (including phenoxy) is 2. The topological polar surface area (TPSA) is 64.6 Å². The van der Waals surface area contributed by atoms with Gasteiger partial charge >= 0.3 is 0 Å². The van der Waals surface area contributed by atoms with Gasteiger partial charge in [0.05, 0.1) is 0 Å². The lowest BCUT2D eigenvalue weighted by Crippen LogP contribution is -2.41. The molecule has 1 N–H and O–H groups in total. The Morgan fingerprint density at radius 3 is 2.76 bits per heavy atom. The molecule has 1 amide bonds. The zero-order valence-corrected chi connectivity index (χ0v) is 14.2. The van der Waals surface area contributed by atoms with Crippen molar-refractivity contribution in [3.63, 3.8) is 0 Å². The molecule has 0 unspecified atom stereocenters. The number of benzene rings is 2. The van der Waals surface area contributed by atoms with Gasteiger partial charge < -0.3 is 19.6 Å². The number of amides is 1. The second-order valence-electron chi connectivity index (χ2n) is 6.29. The van der Waals surface area contributed by atoms with E-state index in [0.29, 0.717) is 25.4 Å². The van der Waals surface area contributed by atoms with E-state index in [2.05, 4.69) is 11.4 Å². The molecule has 2 aromatic carbocycles. The van der Waals surface area contributed by atoms with Crippen LogP contribution in [0.15, 0.2) is 36.4 Å². The Hall–Kier alpha value is -2.40. The number of aryl methyl sites for hydroxylation is 1. The number of hydrogen-bond acceptors (Lipinski definition) is 4. The Balaban J connectivity index is 1.58. The van der Waals surface area contributed by atoms with E-state index in [1.807, 2.05) is 30.3 Å². The second kappa shape index (κ2) is 8.62. The molecule has 1 fully saturated rings. The van der Waals surface area contributed by atoms with E-state index < -0.39 is 0 Å². The third-order valence-corrected chi connectivity index (χ3v) is 4.38. The first-order valence-corrected chi connectivity index (χ1v) is 8.71. The fourth-order valence-corrected chi connectivity index (χ4v) is 3.01. The number of hydrogen-bond donors (Lipinski definition) is 1. The highest BCUT2D eigenvalue weighted by atomic mass is 16.5. The van der Waals surface area contributed by atoms with Gasteiger partial charge in [0.15, 0.2) is 6.61 Å². The molecule has 25 heavy (non-hydrogen) atoms. The van der Waals surface area contributed by atoms with Gasteiger partial charge in [0.1, 0.15) is 12.0 Å². The zero-order valence-electron chi connectivity index (χ0n) is 14.2. The number of aldehydes is 1. The molecule has 5 nitrogen and oxygen atoms in total. The van der Waals surface area contributed by atoms with E-state index in [9.17, 15) is 9.59 Å². The van der Waals surface area contributed by atoms with Crippen LogP contribution in [-0.4, -0.2) is 38.1 Å². The molecule has 3 rings (SSSR count). The third-order valence-electron chi connectivity index (χ3n) is 4.38. The van der Waals surface area contributed by atoms with Gasteiger partial charge in [-0.2, -0.15) is 0 Å². The van der Waals surface area contributed by atoms with Crippen LogP contribution in [0.5, 0.6) is 5.75 Å². The normalized spacial score (nSPS) is 15.0. The number of nitrogens with one attached hydrogen (secondary N) is 1. The van der Waals surface area contributed by atoms with E-state index in [-0.39, 0.29) is 18.6 Å². The largest absolute Gasteiger partial charge is 0.484 e. The summed E-state index contributed by atoms with van der Waals surface area (Å²) >= 11 is 0. The molecule has 1 aliphatic rings. The molecule has 132 valence electrons. The van der Waals surface area contributed by atoms with Gasteiger partial charge in [-0.1, -0.05) is 24.3 Å². The fourth-order valence-electron chi connectivity index (χ4n) is 3.01. The average molecular weight is 341 g/mol. The summed E-state index contributed by atoms with van der Waals surface area (Å²) in [7, 11) is 0. The van der Waals surface area contributed by atoms with E-state index >= 15 is 0 Å². The quantitative estimate of drug-likeness (QED) is 0.787. The SMILES string of the molecule is O=CCCc1ccc2ccc(OCC(=O)NC3CCOCC3)cc2c1. The first-order valence-electron chi connectivity index (χ1n) is 8.71. The van der Waals surface area contributed by atoms with Crippen LogP contribution in [0.25, 0.3) is 10.8 Å². The van der Waals surface area contributed by atoms with Crippen molar-refractivity contribution in [2.45, 2.75) is 31.7 Å². The number of carbonyl (C=O) groups is 2. The number of fused-ring (bicyclic) bond motifs is 1. The van der Waals surface area contributed by atoms with Crippen molar-refractivity contribution < 1.29 is 19.1 Å². The van der Waals surface area contributed by atoms with Gasteiger partial charge in [0, 0.05) is 25.7 Å². The molecular weight excluding hydrogens is 318 g/mol. The number of carbonyl (C=O) groups excluding carboxylic acids is 2. The Labute approximate surface area is 147 Å². The molecule has 0 aliphatic carbocycles. The van der Waals surface area contributed by atoms with E-state index in [4.69, 9.17) is 9.47 Å². The second-order valence-corrected chi connectivity index (χ2v) is 6.29. The first kappa shape index (κ1) is 17.4. The molecule has 1 saturated heterocycles. The van der Waals surface area contributed by atoms with E-state index in [1.54, 1.807) is 0 Å². The molecule has 0 spiro atoms. The monoisotopic (exact) mass is 341 g/mol. The van der Waals surface area contributed by atoms with Crippen LogP contribution in [0.2, 0.25) is 0 Å². The molecule has 1 aliphatic heterocycles. The molecule has 2 aromatic rings. The molecule has 0 radical (unpaired) electrons. The summed E-state index contributed by atoms with van der Waals surface area (Å²) in [6.45, 7) is 1.40. The lowest BCUT2D eigenvalue weighted by atomic mass is 10.0. The van der Waals surface area contributed by atoms with Crippen molar-refractivity contribution in [1.82, 2.24) is 5.32 Å². The van der Waals surface area contributed by atoms with Crippen LogP contribution in [0, 0.1) is 0 Å². The zero-order chi connectivity index (χ0) is 17.5. The summed E-state index contributed by atoms with van der Waals surface area (Å²) in [6, 6.07) is 12.1. The Kier molecular flexibility index (Phi) is 6.01. The van der Waals surface area contributed by atoms with E-state index in [1.165, 1.54) is 0 Å². The van der Waals surface area contributed by atoms with Crippen LogP contribution in [0.4, 0.5) is 0 Å². The average Bonchev–Trinajstić information content (AvgIpc) is 2.65. The minimum atomic E-state index is -0.105. The summed E-state index contributed by atoms with van der Waals surface area (Å²) in [5.74, 6) is 0.564. The van der Waals surface area contributed by atoms with Crippen molar-refractivity contribution >= 4 is 23.0 Å². The molecule has 0 atom stereocenters. The van der Waals surface area contributed by atoms with Gasteiger partial charge in [-0.05, 0) is 47.7 Å². The minimum Gasteiger partial charge on any atom is -0.484 e. The van der Waals surface area contributed by atoms with Crippen molar-refractivity contribution in [3.05, 3.63) is 42.0 Å². The van der Waals surface area contributed by atoms with Crippen molar-refractivity contribution in [2.24, 2.45) is 0 Å². The highest BCUT2D eigenvalue weighted by Gasteiger charge is 2.16. The maximum absolute atomic E-state index is 12.0. The maximum Gasteiger partial charge on any atom is 0.258 e. The molecule has 0 bridgehead atoms. The number of rotatable bonds is 7. The van der Waals surface area contributed by atoms with Gasteiger partial charge in [0.2, 0.25) is 0 Å². The van der Waals surface area contributed by atoms with Gasteiger partial charge in [-0.25, -0.2) is 0 Å². The van der Waals surface area contributed by atoms with Gasteiger partial charge in [-0.3, -0.25) is 4.79 Å². The highest BCUT2D eigenvalue weighted by Crippen LogP contribution is 2.22. The standard InChI is InChI=1S/C20H23NO4/c22-9-1-2-15-3-4-16-5-6-19(13-17(16)12-15)25-14-20(23)21-18-7-10-24-11-8-18/h3-6,9,12-13,18H,1-2,7-8,10-11,14H2,(H,21,23). The Morgan fingerprint density at radius 2 is 1.96 bits per heavy atom. The predicted molar refractivity (Wildman–Crippen MR) is 95.8 cm³/mol. The van der Waals surface area contributed by atoms with Gasteiger partial charge in [-0.15, -0.1) is 0 Å². The van der Waals surface area contributed by atoms with Crippen LogP contribution >= 0.6 is 0 Å². The molecule has 0 saturated carbocycles. The van der Waals surface area contributed by atoms with Gasteiger partial charge in [0.25, 0.3) is 5.91 Å². The maximum atomic E-state index is 12.0. The third kappa shape index (κ3) is 5.03. The lowest BCUT2D eigenvalue weighted by molar-refractivity contribution is -0.124. The highest BCUT2D eigenvalue weighted by molar-refractivity contribution is 5.85. The molecule has 0 aromatic heterocycles.